The van der Waals surface area contributed by atoms with Gasteiger partial charge in [0.2, 0.25) is 0 Å². The van der Waals surface area contributed by atoms with Crippen LogP contribution in [0.25, 0.3) is 0 Å². The van der Waals surface area contributed by atoms with Crippen LogP contribution in [0.2, 0.25) is 0 Å². The van der Waals surface area contributed by atoms with Gasteiger partial charge >= 0.3 is 0 Å². The predicted molar refractivity (Wildman–Crippen MR) is 58.7 cm³/mol. The molecule has 84 valence electrons. The summed E-state index contributed by atoms with van der Waals surface area (Å²) in [5, 5.41) is 3.53. The minimum Gasteiger partial charge on any atom is -0.472 e. The van der Waals surface area contributed by atoms with Crippen LogP contribution >= 0.6 is 0 Å². The molecule has 0 radical (unpaired) electrons. The van der Waals surface area contributed by atoms with Crippen LogP contribution in [0, 0.1) is 0 Å². The number of hydrogen-bond donors (Lipinski definition) is 1. The summed E-state index contributed by atoms with van der Waals surface area (Å²) in [5.41, 5.74) is 1.20. The van der Waals surface area contributed by atoms with Crippen molar-refractivity contribution in [2.24, 2.45) is 0 Å². The molecular formula is C12H19NO2. The Morgan fingerprint density at radius 2 is 2.53 bits per heavy atom. The van der Waals surface area contributed by atoms with Crippen molar-refractivity contribution in [2.75, 3.05) is 13.2 Å². The van der Waals surface area contributed by atoms with E-state index in [0.717, 1.165) is 26.0 Å². The maximum atomic E-state index is 5.73. The van der Waals surface area contributed by atoms with Gasteiger partial charge in [-0.1, -0.05) is 6.92 Å². The van der Waals surface area contributed by atoms with Crippen LogP contribution in [0.15, 0.2) is 23.0 Å². The predicted octanol–water partition coefficient (Wildman–Crippen LogP) is 2.50. The van der Waals surface area contributed by atoms with E-state index in [1.54, 1.807) is 6.26 Å². The summed E-state index contributed by atoms with van der Waals surface area (Å²) in [7, 11) is 0. The van der Waals surface area contributed by atoms with Gasteiger partial charge in [-0.3, -0.25) is 0 Å². The molecule has 1 saturated heterocycles. The zero-order chi connectivity index (χ0) is 10.5. The van der Waals surface area contributed by atoms with Gasteiger partial charge in [0.15, 0.2) is 0 Å². The molecule has 1 aliphatic rings. The largest absolute Gasteiger partial charge is 0.472 e. The maximum Gasteiger partial charge on any atom is 0.0951 e. The van der Waals surface area contributed by atoms with Crippen LogP contribution in [0.3, 0.4) is 0 Å². The van der Waals surface area contributed by atoms with Crippen molar-refractivity contribution in [1.29, 1.82) is 0 Å². The summed E-state index contributed by atoms with van der Waals surface area (Å²) < 4.78 is 10.9. The molecule has 1 aliphatic heterocycles. The highest BCUT2D eigenvalue weighted by Gasteiger charge is 2.27. The third-order valence-corrected chi connectivity index (χ3v) is 2.85. The van der Waals surface area contributed by atoms with E-state index in [2.05, 4.69) is 12.2 Å². The third kappa shape index (κ3) is 2.61. The van der Waals surface area contributed by atoms with Crippen LogP contribution in [0.1, 0.15) is 37.8 Å². The maximum absolute atomic E-state index is 5.73. The van der Waals surface area contributed by atoms with Gasteiger partial charge in [-0.25, -0.2) is 0 Å². The van der Waals surface area contributed by atoms with Crippen LogP contribution in [-0.2, 0) is 4.74 Å². The van der Waals surface area contributed by atoms with Crippen molar-refractivity contribution < 1.29 is 9.15 Å². The SMILES string of the molecule is CCCNC(c1ccoc1)C1CCCO1. The second kappa shape index (κ2) is 5.33. The van der Waals surface area contributed by atoms with Crippen molar-refractivity contribution in [3.8, 4) is 0 Å². The van der Waals surface area contributed by atoms with Crippen molar-refractivity contribution in [3.05, 3.63) is 24.2 Å². The molecular weight excluding hydrogens is 190 g/mol. The molecule has 15 heavy (non-hydrogen) atoms. The fourth-order valence-electron chi connectivity index (χ4n) is 2.08. The van der Waals surface area contributed by atoms with Gasteiger partial charge in [0.1, 0.15) is 0 Å². The first-order valence-corrected chi connectivity index (χ1v) is 5.79. The lowest BCUT2D eigenvalue weighted by molar-refractivity contribution is 0.0781. The van der Waals surface area contributed by atoms with Crippen LogP contribution in [-0.4, -0.2) is 19.3 Å². The van der Waals surface area contributed by atoms with Crippen LogP contribution < -0.4 is 5.32 Å². The molecule has 0 saturated carbocycles. The Balaban J connectivity index is 2.01. The summed E-state index contributed by atoms with van der Waals surface area (Å²) in [4.78, 5) is 0. The molecule has 0 bridgehead atoms. The zero-order valence-corrected chi connectivity index (χ0v) is 9.24. The number of rotatable bonds is 5. The van der Waals surface area contributed by atoms with E-state index in [0.29, 0.717) is 12.1 Å². The molecule has 2 heterocycles. The molecule has 2 atom stereocenters. The van der Waals surface area contributed by atoms with E-state index in [-0.39, 0.29) is 0 Å². The van der Waals surface area contributed by atoms with Crippen LogP contribution in [0.4, 0.5) is 0 Å². The first-order valence-electron chi connectivity index (χ1n) is 5.79. The quantitative estimate of drug-likeness (QED) is 0.809. The highest BCUT2D eigenvalue weighted by Crippen LogP contribution is 2.27. The number of ether oxygens (including phenoxy) is 1. The number of furan rings is 1. The smallest absolute Gasteiger partial charge is 0.0951 e. The fourth-order valence-corrected chi connectivity index (χ4v) is 2.08. The van der Waals surface area contributed by atoms with Crippen LogP contribution in [0.5, 0.6) is 0 Å². The van der Waals surface area contributed by atoms with E-state index in [1.165, 1.54) is 12.0 Å². The molecule has 3 nitrogen and oxygen atoms in total. The molecule has 2 rings (SSSR count). The fraction of sp³-hybridized carbons (Fsp3) is 0.667. The van der Waals surface area contributed by atoms with E-state index < -0.39 is 0 Å². The lowest BCUT2D eigenvalue weighted by Crippen LogP contribution is -2.31. The molecule has 0 spiro atoms. The molecule has 1 fully saturated rings. The van der Waals surface area contributed by atoms with Gasteiger partial charge in [-0.05, 0) is 31.9 Å². The highest BCUT2D eigenvalue weighted by atomic mass is 16.5. The number of hydrogen-bond acceptors (Lipinski definition) is 3. The van der Waals surface area contributed by atoms with E-state index in [4.69, 9.17) is 9.15 Å². The average molecular weight is 209 g/mol. The van der Waals surface area contributed by atoms with Gasteiger partial charge in [0.05, 0.1) is 24.7 Å². The topological polar surface area (TPSA) is 34.4 Å². The monoisotopic (exact) mass is 209 g/mol. The van der Waals surface area contributed by atoms with E-state index >= 15 is 0 Å². The van der Waals surface area contributed by atoms with E-state index in [1.807, 2.05) is 12.3 Å². The van der Waals surface area contributed by atoms with Crippen molar-refractivity contribution in [2.45, 2.75) is 38.3 Å². The molecule has 3 heteroatoms. The second-order valence-corrected chi connectivity index (χ2v) is 4.04. The first-order chi connectivity index (χ1) is 7.42. The first kappa shape index (κ1) is 10.7. The molecule has 0 aliphatic carbocycles. The molecule has 0 aromatic carbocycles. The normalized spacial score (nSPS) is 23.1. The average Bonchev–Trinajstić information content (AvgIpc) is 2.90. The van der Waals surface area contributed by atoms with Gasteiger partial charge in [-0.15, -0.1) is 0 Å². The van der Waals surface area contributed by atoms with Crippen molar-refractivity contribution in [1.82, 2.24) is 5.32 Å². The second-order valence-electron chi connectivity index (χ2n) is 4.04. The molecule has 1 aromatic rings. The van der Waals surface area contributed by atoms with Crippen molar-refractivity contribution in [3.63, 3.8) is 0 Å². The minimum absolute atomic E-state index is 0.297. The summed E-state index contributed by atoms with van der Waals surface area (Å²) in [6, 6.07) is 2.32. The Hall–Kier alpha value is -0.800. The minimum atomic E-state index is 0.297. The molecule has 2 unspecified atom stereocenters. The van der Waals surface area contributed by atoms with Gasteiger partial charge in [-0.2, -0.15) is 0 Å². The Labute approximate surface area is 90.8 Å². The molecule has 1 N–H and O–H groups in total. The molecule has 0 amide bonds. The van der Waals surface area contributed by atoms with Gasteiger partial charge < -0.3 is 14.5 Å². The Morgan fingerprint density at radius 1 is 1.60 bits per heavy atom. The van der Waals surface area contributed by atoms with Gasteiger partial charge in [0, 0.05) is 12.2 Å². The van der Waals surface area contributed by atoms with Gasteiger partial charge in [0.25, 0.3) is 0 Å². The Morgan fingerprint density at radius 3 is 3.13 bits per heavy atom. The van der Waals surface area contributed by atoms with Crippen molar-refractivity contribution >= 4 is 0 Å². The van der Waals surface area contributed by atoms with E-state index in [9.17, 15) is 0 Å². The lowest BCUT2D eigenvalue weighted by atomic mass is 10.0. The zero-order valence-electron chi connectivity index (χ0n) is 9.24. The lowest BCUT2D eigenvalue weighted by Gasteiger charge is -2.23. The third-order valence-electron chi connectivity index (χ3n) is 2.85. The summed E-state index contributed by atoms with van der Waals surface area (Å²) >= 11 is 0. The Bertz CT molecular complexity index is 265. The Kier molecular flexibility index (Phi) is 3.80. The molecule has 1 aromatic heterocycles. The summed E-state index contributed by atoms with van der Waals surface area (Å²) in [6.45, 7) is 4.09. The standard InChI is InChI=1S/C12H19NO2/c1-2-6-13-12(10-5-8-14-9-10)11-4-3-7-15-11/h5,8-9,11-13H,2-4,6-7H2,1H3. The summed E-state index contributed by atoms with van der Waals surface area (Å²) in [6.07, 6.45) is 7.31. The highest BCUT2D eigenvalue weighted by molar-refractivity contribution is 5.13. The number of nitrogens with one attached hydrogen (secondary N) is 1. The summed E-state index contributed by atoms with van der Waals surface area (Å²) in [5.74, 6) is 0.